The lowest BCUT2D eigenvalue weighted by Crippen LogP contribution is -2.47. The number of hydrogen-bond acceptors (Lipinski definition) is 1. The van der Waals surface area contributed by atoms with Crippen LogP contribution in [0.2, 0.25) is 0 Å². The van der Waals surface area contributed by atoms with Gasteiger partial charge in [0.1, 0.15) is 0 Å². The standard InChI is InChI=1S/C18H27N/c1-3-10-17(19-15-4-2)18(13-8-9-14-18)16-11-6-5-7-12-16/h3,5-7,11-12,17,19H,1,4,8-10,13-15H2,2H3. The second-order valence-electron chi connectivity index (χ2n) is 5.76. The Morgan fingerprint density at radius 3 is 2.53 bits per heavy atom. The van der Waals surface area contributed by atoms with E-state index in [4.69, 9.17) is 0 Å². The molecule has 2 rings (SSSR count). The molecule has 0 amide bonds. The lowest BCUT2D eigenvalue weighted by atomic mass is 9.71. The molecule has 1 atom stereocenters. The Morgan fingerprint density at radius 2 is 1.95 bits per heavy atom. The second kappa shape index (κ2) is 6.91. The van der Waals surface area contributed by atoms with Gasteiger partial charge in [0.15, 0.2) is 0 Å². The van der Waals surface area contributed by atoms with Gasteiger partial charge in [-0.25, -0.2) is 0 Å². The molecule has 1 aromatic rings. The van der Waals surface area contributed by atoms with Crippen LogP contribution in [-0.2, 0) is 5.41 Å². The zero-order valence-electron chi connectivity index (χ0n) is 12.2. The molecule has 0 saturated heterocycles. The second-order valence-corrected chi connectivity index (χ2v) is 5.76. The van der Waals surface area contributed by atoms with E-state index >= 15 is 0 Å². The summed E-state index contributed by atoms with van der Waals surface area (Å²) in [6.07, 6.45) is 9.68. The SMILES string of the molecule is C=CCC(NCCC)C1(c2ccccc2)CCCC1. The predicted octanol–water partition coefficient (Wildman–Crippen LogP) is 4.44. The first kappa shape index (κ1) is 14.3. The minimum atomic E-state index is 0.324. The number of hydrogen-bond donors (Lipinski definition) is 1. The molecule has 0 radical (unpaired) electrons. The van der Waals surface area contributed by atoms with E-state index in [1.807, 2.05) is 0 Å². The van der Waals surface area contributed by atoms with Gasteiger partial charge < -0.3 is 5.32 Å². The topological polar surface area (TPSA) is 12.0 Å². The maximum Gasteiger partial charge on any atom is 0.0198 e. The highest BCUT2D eigenvalue weighted by Crippen LogP contribution is 2.44. The fourth-order valence-electron chi connectivity index (χ4n) is 3.60. The van der Waals surface area contributed by atoms with E-state index in [9.17, 15) is 0 Å². The molecule has 1 saturated carbocycles. The molecular formula is C18H27N. The molecule has 0 spiro atoms. The zero-order valence-corrected chi connectivity index (χ0v) is 12.2. The normalized spacial score (nSPS) is 19.2. The molecular weight excluding hydrogens is 230 g/mol. The first-order chi connectivity index (χ1) is 9.33. The Balaban J connectivity index is 2.28. The molecule has 104 valence electrons. The molecule has 1 aromatic carbocycles. The van der Waals surface area contributed by atoms with Crippen molar-refractivity contribution in [2.24, 2.45) is 0 Å². The van der Waals surface area contributed by atoms with Gasteiger partial charge >= 0.3 is 0 Å². The lowest BCUT2D eigenvalue weighted by Gasteiger charge is -2.38. The third-order valence-electron chi connectivity index (χ3n) is 4.55. The van der Waals surface area contributed by atoms with Crippen LogP contribution >= 0.6 is 0 Å². The smallest absolute Gasteiger partial charge is 0.0198 e. The van der Waals surface area contributed by atoms with Gasteiger partial charge in [0.05, 0.1) is 0 Å². The van der Waals surface area contributed by atoms with Crippen LogP contribution in [0.3, 0.4) is 0 Å². The molecule has 1 unspecified atom stereocenters. The number of rotatable bonds is 7. The van der Waals surface area contributed by atoms with Gasteiger partial charge in [-0.1, -0.05) is 56.2 Å². The van der Waals surface area contributed by atoms with Crippen LogP contribution in [0.25, 0.3) is 0 Å². The first-order valence-corrected chi connectivity index (χ1v) is 7.73. The van der Waals surface area contributed by atoms with E-state index in [0.717, 1.165) is 13.0 Å². The Hall–Kier alpha value is -1.08. The van der Waals surface area contributed by atoms with Crippen LogP contribution in [0.5, 0.6) is 0 Å². The Labute approximate surface area is 118 Å². The number of benzene rings is 1. The van der Waals surface area contributed by atoms with Crippen molar-refractivity contribution in [1.82, 2.24) is 5.32 Å². The quantitative estimate of drug-likeness (QED) is 0.712. The van der Waals surface area contributed by atoms with Crippen LogP contribution in [-0.4, -0.2) is 12.6 Å². The maximum atomic E-state index is 3.96. The molecule has 1 fully saturated rings. The van der Waals surface area contributed by atoms with Crippen molar-refractivity contribution in [2.45, 2.75) is 56.9 Å². The van der Waals surface area contributed by atoms with E-state index in [1.54, 1.807) is 0 Å². The third-order valence-corrected chi connectivity index (χ3v) is 4.55. The van der Waals surface area contributed by atoms with Crippen LogP contribution in [0, 0.1) is 0 Å². The highest BCUT2D eigenvalue weighted by Gasteiger charge is 2.41. The van der Waals surface area contributed by atoms with Crippen LogP contribution in [0.1, 0.15) is 51.0 Å². The molecule has 1 aliphatic carbocycles. The summed E-state index contributed by atoms with van der Waals surface area (Å²) in [5.74, 6) is 0. The van der Waals surface area contributed by atoms with E-state index < -0.39 is 0 Å². The lowest BCUT2D eigenvalue weighted by molar-refractivity contribution is 0.297. The van der Waals surface area contributed by atoms with Gasteiger partial charge in [0.2, 0.25) is 0 Å². The third kappa shape index (κ3) is 3.09. The molecule has 0 heterocycles. The van der Waals surface area contributed by atoms with Gasteiger partial charge in [0, 0.05) is 11.5 Å². The first-order valence-electron chi connectivity index (χ1n) is 7.73. The fourth-order valence-corrected chi connectivity index (χ4v) is 3.60. The van der Waals surface area contributed by atoms with Crippen molar-refractivity contribution < 1.29 is 0 Å². The van der Waals surface area contributed by atoms with E-state index in [2.05, 4.69) is 55.2 Å². The molecule has 0 aliphatic heterocycles. The van der Waals surface area contributed by atoms with E-state index in [0.29, 0.717) is 11.5 Å². The van der Waals surface area contributed by atoms with E-state index in [-0.39, 0.29) is 0 Å². The minimum absolute atomic E-state index is 0.324. The summed E-state index contributed by atoms with van der Waals surface area (Å²) in [6, 6.07) is 11.6. The van der Waals surface area contributed by atoms with Gasteiger partial charge in [0.25, 0.3) is 0 Å². The molecule has 1 N–H and O–H groups in total. The van der Waals surface area contributed by atoms with Gasteiger partial charge in [-0.2, -0.15) is 0 Å². The maximum absolute atomic E-state index is 3.96. The van der Waals surface area contributed by atoms with Crippen LogP contribution in [0.15, 0.2) is 43.0 Å². The van der Waals surface area contributed by atoms with Crippen LogP contribution < -0.4 is 5.32 Å². The van der Waals surface area contributed by atoms with Crippen molar-refractivity contribution in [3.63, 3.8) is 0 Å². The highest BCUT2D eigenvalue weighted by molar-refractivity contribution is 5.29. The molecule has 0 bridgehead atoms. The fraction of sp³-hybridized carbons (Fsp3) is 0.556. The molecule has 1 heteroatoms. The summed E-state index contributed by atoms with van der Waals surface area (Å²) in [5.41, 5.74) is 1.84. The monoisotopic (exact) mass is 257 g/mol. The summed E-state index contributed by atoms with van der Waals surface area (Å²) in [5, 5.41) is 3.78. The minimum Gasteiger partial charge on any atom is -0.313 e. The average molecular weight is 257 g/mol. The van der Waals surface area contributed by atoms with Gasteiger partial charge in [-0.3, -0.25) is 0 Å². The molecule has 19 heavy (non-hydrogen) atoms. The van der Waals surface area contributed by atoms with Crippen molar-refractivity contribution >= 4 is 0 Å². The molecule has 0 aromatic heterocycles. The Kier molecular flexibility index (Phi) is 5.21. The highest BCUT2D eigenvalue weighted by atomic mass is 14.9. The zero-order chi connectivity index (χ0) is 13.6. The Morgan fingerprint density at radius 1 is 1.26 bits per heavy atom. The van der Waals surface area contributed by atoms with Crippen molar-refractivity contribution in [3.8, 4) is 0 Å². The predicted molar refractivity (Wildman–Crippen MR) is 83.5 cm³/mol. The van der Waals surface area contributed by atoms with Gasteiger partial charge in [-0.15, -0.1) is 6.58 Å². The van der Waals surface area contributed by atoms with Crippen LogP contribution in [0.4, 0.5) is 0 Å². The largest absolute Gasteiger partial charge is 0.313 e. The summed E-state index contributed by atoms with van der Waals surface area (Å²) < 4.78 is 0. The summed E-state index contributed by atoms with van der Waals surface area (Å²) in [7, 11) is 0. The average Bonchev–Trinajstić information content (AvgIpc) is 2.95. The van der Waals surface area contributed by atoms with Crippen molar-refractivity contribution in [2.75, 3.05) is 6.54 Å². The molecule has 1 aliphatic rings. The summed E-state index contributed by atoms with van der Waals surface area (Å²) >= 11 is 0. The summed E-state index contributed by atoms with van der Waals surface area (Å²) in [6.45, 7) is 7.31. The number of nitrogens with one attached hydrogen (secondary N) is 1. The van der Waals surface area contributed by atoms with Gasteiger partial charge in [-0.05, 0) is 37.8 Å². The Bertz CT molecular complexity index is 376. The molecule has 1 nitrogen and oxygen atoms in total. The van der Waals surface area contributed by atoms with Crippen molar-refractivity contribution in [1.29, 1.82) is 0 Å². The summed E-state index contributed by atoms with van der Waals surface area (Å²) in [4.78, 5) is 0. The van der Waals surface area contributed by atoms with E-state index in [1.165, 1.54) is 37.7 Å². The van der Waals surface area contributed by atoms with Crippen molar-refractivity contribution in [3.05, 3.63) is 48.6 Å².